The maximum absolute atomic E-state index is 12.0. The molecule has 0 bridgehead atoms. The number of aryl methyl sites for hydroxylation is 1. The molecule has 0 spiro atoms. The number of pyridine rings is 1. The largest absolute Gasteiger partial charge is 0.456 e. The van der Waals surface area contributed by atoms with Crippen molar-refractivity contribution < 1.29 is 9.53 Å². The number of carbonyl (C=O) groups is 1. The predicted molar refractivity (Wildman–Crippen MR) is 93.1 cm³/mol. The van der Waals surface area contributed by atoms with Crippen LogP contribution in [0.2, 0.25) is 0 Å². The lowest BCUT2D eigenvalue weighted by molar-refractivity contribution is -0.150. The van der Waals surface area contributed by atoms with Gasteiger partial charge in [-0.1, -0.05) is 26.1 Å². The average Bonchev–Trinajstić information content (AvgIpc) is 2.37. The molecule has 0 saturated heterocycles. The molecule has 0 atom stereocenters. The first-order valence-corrected chi connectivity index (χ1v) is 7.96. The molecular weight excluding hydrogens is 296 g/mol. The van der Waals surface area contributed by atoms with E-state index in [1.807, 2.05) is 34.6 Å². The van der Waals surface area contributed by atoms with Crippen molar-refractivity contribution in [1.29, 1.82) is 0 Å². The van der Waals surface area contributed by atoms with E-state index in [9.17, 15) is 4.79 Å². The highest BCUT2D eigenvalue weighted by molar-refractivity contribution is 7.71. The summed E-state index contributed by atoms with van der Waals surface area (Å²) in [6.07, 6.45) is 2.92. The summed E-state index contributed by atoms with van der Waals surface area (Å²) < 4.78 is 5.94. The molecule has 122 valence electrons. The number of ether oxygens (including phenoxy) is 1. The van der Waals surface area contributed by atoms with Gasteiger partial charge in [0.2, 0.25) is 0 Å². The maximum Gasteiger partial charge on any atom is 0.333 e. The Morgan fingerprint density at radius 2 is 1.95 bits per heavy atom. The van der Waals surface area contributed by atoms with E-state index in [1.165, 1.54) is 11.6 Å². The number of aromatic nitrogens is 1. The fourth-order valence-corrected chi connectivity index (χ4v) is 2.79. The minimum absolute atomic E-state index is 0.338. The van der Waals surface area contributed by atoms with Gasteiger partial charge in [0, 0.05) is 23.0 Å². The van der Waals surface area contributed by atoms with Gasteiger partial charge >= 0.3 is 5.97 Å². The zero-order valence-corrected chi connectivity index (χ0v) is 15.1. The summed E-state index contributed by atoms with van der Waals surface area (Å²) in [6, 6.07) is 0. The normalized spacial score (nSPS) is 12.4. The highest BCUT2D eigenvalue weighted by Gasteiger charge is 2.20. The monoisotopic (exact) mass is 322 g/mol. The van der Waals surface area contributed by atoms with E-state index in [1.54, 1.807) is 0 Å². The van der Waals surface area contributed by atoms with Gasteiger partial charge in [0.25, 0.3) is 0 Å². The van der Waals surface area contributed by atoms with E-state index < -0.39 is 11.6 Å². The molecule has 0 radical (unpaired) electrons. The minimum atomic E-state index is -0.506. The van der Waals surface area contributed by atoms with Crippen LogP contribution in [-0.4, -0.2) is 16.6 Å². The Morgan fingerprint density at radius 1 is 1.36 bits per heavy atom. The molecule has 0 aliphatic heterocycles. The zero-order chi connectivity index (χ0) is 17.1. The Labute approximate surface area is 137 Å². The number of nitrogens with one attached hydrogen (secondary N) is 1. The van der Waals surface area contributed by atoms with Crippen LogP contribution in [0.5, 0.6) is 0 Å². The number of hydrogen-bond donors (Lipinski definition) is 2. The molecule has 1 rings (SSSR count). The number of nitrogens with two attached hydrogens (primary N) is 1. The highest BCUT2D eigenvalue weighted by atomic mass is 32.1. The van der Waals surface area contributed by atoms with Crippen LogP contribution in [0.4, 0.5) is 0 Å². The van der Waals surface area contributed by atoms with Crippen LogP contribution in [0, 0.1) is 18.5 Å². The van der Waals surface area contributed by atoms with Crippen LogP contribution in [0.25, 0.3) is 5.70 Å². The molecule has 1 heterocycles. The number of rotatable bonds is 5. The number of esters is 1. The lowest BCUT2D eigenvalue weighted by Gasteiger charge is -2.22. The maximum atomic E-state index is 12.0. The van der Waals surface area contributed by atoms with Crippen molar-refractivity contribution in [1.82, 2.24) is 4.98 Å². The van der Waals surface area contributed by atoms with Crippen molar-refractivity contribution in [2.45, 2.75) is 60.0 Å². The average molecular weight is 322 g/mol. The van der Waals surface area contributed by atoms with Gasteiger partial charge in [0.1, 0.15) is 10.2 Å². The van der Waals surface area contributed by atoms with Crippen molar-refractivity contribution in [2.75, 3.05) is 0 Å². The van der Waals surface area contributed by atoms with E-state index in [4.69, 9.17) is 22.7 Å². The predicted octanol–water partition coefficient (Wildman–Crippen LogP) is 3.95. The van der Waals surface area contributed by atoms with Crippen molar-refractivity contribution >= 4 is 23.9 Å². The quantitative estimate of drug-likeness (QED) is 0.489. The first-order chi connectivity index (χ1) is 10.1. The SMILES string of the molecule is CCc1c(C)[nH]c(=S)c(/C(N)=C/C(=O)OC(C)(C)CC)c1C. The summed E-state index contributed by atoms with van der Waals surface area (Å²) in [5.74, 6) is -0.447. The molecule has 0 fully saturated rings. The van der Waals surface area contributed by atoms with Crippen LogP contribution in [0.3, 0.4) is 0 Å². The molecule has 1 aromatic rings. The van der Waals surface area contributed by atoms with Gasteiger partial charge in [0.15, 0.2) is 0 Å². The van der Waals surface area contributed by atoms with Crippen LogP contribution >= 0.6 is 12.2 Å². The Bertz CT molecular complexity index is 657. The first kappa shape index (κ1) is 18.4. The molecule has 0 amide bonds. The smallest absolute Gasteiger partial charge is 0.333 e. The topological polar surface area (TPSA) is 68.1 Å². The molecule has 1 aromatic heterocycles. The third kappa shape index (κ3) is 4.19. The van der Waals surface area contributed by atoms with E-state index in [0.29, 0.717) is 15.9 Å². The molecule has 22 heavy (non-hydrogen) atoms. The third-order valence-electron chi connectivity index (χ3n) is 3.95. The number of carbonyl (C=O) groups excluding carboxylic acids is 1. The summed E-state index contributed by atoms with van der Waals surface area (Å²) in [6.45, 7) is 11.7. The van der Waals surface area contributed by atoms with Crippen molar-refractivity contribution in [3.05, 3.63) is 33.1 Å². The first-order valence-electron chi connectivity index (χ1n) is 7.55. The Kier molecular flexibility index (Phi) is 5.94. The van der Waals surface area contributed by atoms with E-state index >= 15 is 0 Å². The molecule has 0 saturated carbocycles. The molecule has 0 unspecified atom stereocenters. The summed E-state index contributed by atoms with van der Waals surface area (Å²) in [7, 11) is 0. The summed E-state index contributed by atoms with van der Waals surface area (Å²) in [5.41, 5.74) is 9.87. The minimum Gasteiger partial charge on any atom is -0.456 e. The van der Waals surface area contributed by atoms with E-state index in [0.717, 1.165) is 24.1 Å². The molecule has 0 aliphatic rings. The summed E-state index contributed by atoms with van der Waals surface area (Å²) in [4.78, 5) is 15.2. The van der Waals surface area contributed by atoms with Gasteiger partial charge in [-0.25, -0.2) is 4.79 Å². The van der Waals surface area contributed by atoms with Gasteiger partial charge in [-0.05, 0) is 51.7 Å². The Morgan fingerprint density at radius 3 is 2.45 bits per heavy atom. The number of hydrogen-bond acceptors (Lipinski definition) is 4. The molecule has 0 aromatic carbocycles. The second kappa shape index (κ2) is 7.09. The van der Waals surface area contributed by atoms with Gasteiger partial charge in [-0.3, -0.25) is 0 Å². The second-order valence-corrected chi connectivity index (χ2v) is 6.45. The fourth-order valence-electron chi connectivity index (χ4n) is 2.36. The van der Waals surface area contributed by atoms with Crippen molar-refractivity contribution in [2.24, 2.45) is 5.73 Å². The lowest BCUT2D eigenvalue weighted by atomic mass is 9.99. The Balaban J connectivity index is 3.24. The Hall–Kier alpha value is -1.62. The summed E-state index contributed by atoms with van der Waals surface area (Å²) >= 11 is 5.37. The molecule has 0 aliphatic carbocycles. The second-order valence-electron chi connectivity index (χ2n) is 6.05. The lowest BCUT2D eigenvalue weighted by Crippen LogP contribution is -2.26. The molecular formula is C17H26N2O2S. The van der Waals surface area contributed by atoms with Crippen molar-refractivity contribution in [3.63, 3.8) is 0 Å². The van der Waals surface area contributed by atoms with Crippen molar-refractivity contribution in [3.8, 4) is 0 Å². The van der Waals surface area contributed by atoms with Gasteiger partial charge in [-0.15, -0.1) is 0 Å². The fraction of sp³-hybridized carbons (Fsp3) is 0.529. The summed E-state index contributed by atoms with van der Waals surface area (Å²) in [5, 5.41) is 0. The van der Waals surface area contributed by atoms with Crippen LogP contribution < -0.4 is 5.73 Å². The number of H-pyrrole nitrogens is 1. The molecule has 3 N–H and O–H groups in total. The highest BCUT2D eigenvalue weighted by Crippen LogP contribution is 2.23. The van der Waals surface area contributed by atoms with Crippen LogP contribution in [0.1, 0.15) is 56.5 Å². The standard InChI is InChI=1S/C17H26N2O2S/c1-7-12-10(3)15(16(22)19-11(12)4)13(18)9-14(20)21-17(5,6)8-2/h9H,7-8,18H2,1-6H3,(H,19,22)/b13-9-. The third-order valence-corrected chi connectivity index (χ3v) is 4.26. The van der Waals surface area contributed by atoms with Gasteiger partial charge in [0.05, 0.1) is 0 Å². The zero-order valence-electron chi connectivity index (χ0n) is 14.3. The molecule has 5 heteroatoms. The number of aromatic amines is 1. The van der Waals surface area contributed by atoms with Gasteiger partial charge in [-0.2, -0.15) is 0 Å². The van der Waals surface area contributed by atoms with E-state index in [-0.39, 0.29) is 0 Å². The van der Waals surface area contributed by atoms with Crippen LogP contribution in [-0.2, 0) is 16.0 Å². The van der Waals surface area contributed by atoms with E-state index in [2.05, 4.69) is 11.9 Å². The van der Waals surface area contributed by atoms with Crippen LogP contribution in [0.15, 0.2) is 6.08 Å². The molecule has 4 nitrogen and oxygen atoms in total. The van der Waals surface area contributed by atoms with Gasteiger partial charge < -0.3 is 15.5 Å².